The smallest absolute Gasteiger partial charge is 0.203 e. The lowest BCUT2D eigenvalue weighted by molar-refractivity contribution is 0.194. The van der Waals surface area contributed by atoms with Crippen LogP contribution in [0.3, 0.4) is 0 Å². The zero-order chi connectivity index (χ0) is 15.1. The second-order valence-corrected chi connectivity index (χ2v) is 8.29. The zero-order valence-electron chi connectivity index (χ0n) is 12.8. The van der Waals surface area contributed by atoms with Gasteiger partial charge < -0.3 is 15.2 Å². The first kappa shape index (κ1) is 17.0. The normalized spacial score (nSPS) is 19.9. The van der Waals surface area contributed by atoms with Gasteiger partial charge in [0.25, 0.3) is 0 Å². The molecule has 0 bridgehead atoms. The molecule has 0 saturated carbocycles. The Bertz CT molecular complexity index is 436. The molecule has 1 aliphatic heterocycles. The molecule has 5 heteroatoms. The number of aliphatic hydroxyl groups excluding tert-OH is 1. The Labute approximate surface area is 136 Å². The Morgan fingerprint density at radius 1 is 1.29 bits per heavy atom. The van der Waals surface area contributed by atoms with E-state index < -0.39 is 0 Å². The monoisotopic (exact) mass is 327 g/mol. The zero-order valence-corrected chi connectivity index (χ0v) is 14.4. The van der Waals surface area contributed by atoms with E-state index in [-0.39, 0.29) is 10.9 Å². The molecular formula is C16H25NO2S2. The Kier molecular flexibility index (Phi) is 6.74. The highest BCUT2D eigenvalue weighted by Gasteiger charge is 2.41. The quantitative estimate of drug-likeness (QED) is 0.563. The van der Waals surface area contributed by atoms with Crippen molar-refractivity contribution in [2.45, 2.75) is 37.0 Å². The molecule has 0 saturated heterocycles. The van der Waals surface area contributed by atoms with Crippen LogP contribution >= 0.6 is 23.5 Å². The van der Waals surface area contributed by atoms with E-state index in [0.29, 0.717) is 6.04 Å². The first-order chi connectivity index (χ1) is 10.2. The molecule has 2 N–H and O–H groups in total. The third-order valence-corrected chi connectivity index (χ3v) is 6.13. The number of thioether (sulfide) groups is 2. The van der Waals surface area contributed by atoms with E-state index in [1.165, 1.54) is 5.56 Å². The lowest BCUT2D eigenvalue weighted by atomic mass is 10.00. The first-order valence-electron chi connectivity index (χ1n) is 7.64. The van der Waals surface area contributed by atoms with Crippen molar-refractivity contribution in [3.05, 3.63) is 29.8 Å². The van der Waals surface area contributed by atoms with Crippen molar-refractivity contribution < 1.29 is 9.84 Å². The van der Waals surface area contributed by atoms with Crippen LogP contribution < -0.4 is 10.1 Å². The predicted molar refractivity (Wildman–Crippen MR) is 93.1 cm³/mol. The van der Waals surface area contributed by atoms with Crippen molar-refractivity contribution in [2.75, 3.05) is 24.7 Å². The van der Waals surface area contributed by atoms with Gasteiger partial charge in [0.15, 0.2) is 0 Å². The van der Waals surface area contributed by atoms with Gasteiger partial charge >= 0.3 is 0 Å². The molecule has 0 aliphatic carbocycles. The molecule has 1 aromatic rings. The molecule has 2 rings (SSSR count). The maximum absolute atomic E-state index is 8.99. The number of para-hydroxylation sites is 1. The van der Waals surface area contributed by atoms with Crippen LogP contribution in [-0.4, -0.2) is 34.0 Å². The maximum atomic E-state index is 8.99. The lowest BCUT2D eigenvalue weighted by Gasteiger charge is -2.41. The maximum Gasteiger partial charge on any atom is 0.203 e. The third kappa shape index (κ3) is 4.31. The van der Waals surface area contributed by atoms with E-state index in [1.54, 1.807) is 0 Å². The molecule has 1 heterocycles. The van der Waals surface area contributed by atoms with Gasteiger partial charge in [0, 0.05) is 24.6 Å². The van der Waals surface area contributed by atoms with Crippen molar-refractivity contribution >= 4 is 23.5 Å². The second-order valence-electron chi connectivity index (χ2n) is 4.98. The van der Waals surface area contributed by atoms with E-state index in [1.807, 2.05) is 29.6 Å². The predicted octanol–water partition coefficient (Wildman–Crippen LogP) is 3.64. The molecule has 21 heavy (non-hydrogen) atoms. The summed E-state index contributed by atoms with van der Waals surface area (Å²) in [7, 11) is 0. The molecule has 0 spiro atoms. The highest BCUT2D eigenvalue weighted by molar-refractivity contribution is 8.18. The SMILES string of the molecule is CCSC1(SCC)CC(NCCCO)c2ccccc2O1. The molecule has 1 atom stereocenters. The Morgan fingerprint density at radius 3 is 2.67 bits per heavy atom. The number of rotatable bonds is 8. The number of fused-ring (bicyclic) bond motifs is 1. The summed E-state index contributed by atoms with van der Waals surface area (Å²) in [4.78, 5) is 0. The molecule has 3 nitrogen and oxygen atoms in total. The highest BCUT2D eigenvalue weighted by Crippen LogP contribution is 2.50. The summed E-state index contributed by atoms with van der Waals surface area (Å²) in [5.74, 6) is 3.07. The topological polar surface area (TPSA) is 41.5 Å². The summed E-state index contributed by atoms with van der Waals surface area (Å²) >= 11 is 3.76. The summed E-state index contributed by atoms with van der Waals surface area (Å²) in [5, 5.41) is 12.6. The molecule has 1 aromatic carbocycles. The van der Waals surface area contributed by atoms with E-state index in [2.05, 4.69) is 37.4 Å². The molecule has 0 fully saturated rings. The number of hydrogen-bond donors (Lipinski definition) is 2. The molecule has 0 amide bonds. The van der Waals surface area contributed by atoms with Gasteiger partial charge in [-0.15, -0.1) is 23.5 Å². The van der Waals surface area contributed by atoms with Crippen LogP contribution in [-0.2, 0) is 0 Å². The molecule has 0 aromatic heterocycles. The van der Waals surface area contributed by atoms with Crippen LogP contribution in [0.4, 0.5) is 0 Å². The number of aliphatic hydroxyl groups is 1. The number of hydrogen-bond acceptors (Lipinski definition) is 5. The molecule has 1 unspecified atom stereocenters. The molecular weight excluding hydrogens is 302 g/mol. The van der Waals surface area contributed by atoms with Crippen LogP contribution in [0.15, 0.2) is 24.3 Å². The average Bonchev–Trinajstić information content (AvgIpc) is 2.48. The largest absolute Gasteiger partial charge is 0.467 e. The summed E-state index contributed by atoms with van der Waals surface area (Å²) in [6.45, 7) is 5.43. The lowest BCUT2D eigenvalue weighted by Crippen LogP contribution is -2.40. The summed E-state index contributed by atoms with van der Waals surface area (Å²) in [5.41, 5.74) is 1.24. The van der Waals surface area contributed by atoms with Crippen LogP contribution in [0.1, 0.15) is 38.3 Å². The standard InChI is InChI=1S/C16H25NO2S2/c1-3-20-16(21-4-2)12-14(17-10-7-11-18)13-8-5-6-9-15(13)19-16/h5-6,8-9,14,17-18H,3-4,7,10-12H2,1-2H3. The first-order valence-corrected chi connectivity index (χ1v) is 9.62. The fraction of sp³-hybridized carbons (Fsp3) is 0.625. The van der Waals surface area contributed by atoms with Crippen molar-refractivity contribution in [1.29, 1.82) is 0 Å². The summed E-state index contributed by atoms with van der Waals surface area (Å²) in [6.07, 6.45) is 1.74. The van der Waals surface area contributed by atoms with Gasteiger partial charge in [-0.3, -0.25) is 0 Å². The van der Waals surface area contributed by atoms with Gasteiger partial charge in [-0.05, 0) is 30.5 Å². The average molecular weight is 328 g/mol. The van der Waals surface area contributed by atoms with E-state index >= 15 is 0 Å². The fourth-order valence-corrected chi connectivity index (χ4v) is 5.41. The molecule has 118 valence electrons. The van der Waals surface area contributed by atoms with E-state index in [0.717, 1.165) is 36.6 Å². The van der Waals surface area contributed by atoms with Crippen molar-refractivity contribution in [2.24, 2.45) is 0 Å². The third-order valence-electron chi connectivity index (χ3n) is 3.47. The highest BCUT2D eigenvalue weighted by atomic mass is 32.2. The van der Waals surface area contributed by atoms with Gasteiger partial charge in [-0.25, -0.2) is 0 Å². The Hall–Kier alpha value is -0.360. The second kappa shape index (κ2) is 8.32. The van der Waals surface area contributed by atoms with Crippen molar-refractivity contribution in [1.82, 2.24) is 5.32 Å². The van der Waals surface area contributed by atoms with E-state index in [4.69, 9.17) is 9.84 Å². The minimum Gasteiger partial charge on any atom is -0.467 e. The van der Waals surface area contributed by atoms with Gasteiger partial charge in [0.1, 0.15) is 5.75 Å². The Morgan fingerprint density at radius 2 is 2.00 bits per heavy atom. The minimum atomic E-state index is -0.200. The van der Waals surface area contributed by atoms with Gasteiger partial charge in [0.2, 0.25) is 4.27 Å². The van der Waals surface area contributed by atoms with Gasteiger partial charge in [0.05, 0.1) is 0 Å². The van der Waals surface area contributed by atoms with Gasteiger partial charge in [-0.2, -0.15) is 0 Å². The number of nitrogens with one attached hydrogen (secondary N) is 1. The Balaban J connectivity index is 2.22. The molecule has 0 radical (unpaired) electrons. The fourth-order valence-electron chi connectivity index (χ4n) is 2.63. The van der Waals surface area contributed by atoms with Crippen LogP contribution in [0.25, 0.3) is 0 Å². The van der Waals surface area contributed by atoms with E-state index in [9.17, 15) is 0 Å². The number of ether oxygens (including phenoxy) is 1. The van der Waals surface area contributed by atoms with Crippen molar-refractivity contribution in [3.63, 3.8) is 0 Å². The summed E-state index contributed by atoms with van der Waals surface area (Å²) in [6, 6.07) is 8.60. The van der Waals surface area contributed by atoms with Crippen LogP contribution in [0.5, 0.6) is 5.75 Å². The van der Waals surface area contributed by atoms with Crippen molar-refractivity contribution in [3.8, 4) is 5.75 Å². The number of benzene rings is 1. The van der Waals surface area contributed by atoms with Gasteiger partial charge in [-0.1, -0.05) is 32.0 Å². The minimum absolute atomic E-state index is 0.200. The molecule has 1 aliphatic rings. The van der Waals surface area contributed by atoms with Crippen LogP contribution in [0, 0.1) is 0 Å². The van der Waals surface area contributed by atoms with Crippen LogP contribution in [0.2, 0.25) is 0 Å². The summed E-state index contributed by atoms with van der Waals surface area (Å²) < 4.78 is 6.17.